The maximum Gasteiger partial charge on any atom is 0.244 e. The summed E-state index contributed by atoms with van der Waals surface area (Å²) in [6, 6.07) is 16.5. The number of rotatable bonds is 7. The van der Waals surface area contributed by atoms with Gasteiger partial charge in [-0.05, 0) is 54.7 Å². The lowest BCUT2D eigenvalue weighted by molar-refractivity contribution is -0.170. The largest absolute Gasteiger partial charge is 0.379 e. The lowest BCUT2D eigenvalue weighted by Crippen LogP contribution is -2.54. The average Bonchev–Trinajstić information content (AvgIpc) is 3.43. The molecule has 39 heavy (non-hydrogen) atoms. The van der Waals surface area contributed by atoms with Crippen LogP contribution in [0.3, 0.4) is 0 Å². The van der Waals surface area contributed by atoms with Crippen molar-refractivity contribution in [3.8, 4) is 0 Å². The zero-order chi connectivity index (χ0) is 27.2. The van der Waals surface area contributed by atoms with Gasteiger partial charge in [0.1, 0.15) is 18.6 Å². The van der Waals surface area contributed by atoms with Crippen LogP contribution in [-0.2, 0) is 43.9 Å². The van der Waals surface area contributed by atoms with E-state index >= 15 is 0 Å². The van der Waals surface area contributed by atoms with Gasteiger partial charge in [0.15, 0.2) is 0 Å². The molecule has 1 atom stereocenters. The van der Waals surface area contributed by atoms with Crippen LogP contribution in [0.15, 0.2) is 60.8 Å². The summed E-state index contributed by atoms with van der Waals surface area (Å²) in [6.45, 7) is 2.35. The van der Waals surface area contributed by atoms with E-state index in [2.05, 4.69) is 15.6 Å². The van der Waals surface area contributed by atoms with E-state index in [1.807, 2.05) is 37.3 Å². The molecule has 1 saturated heterocycles. The monoisotopic (exact) mass is 524 g/mol. The van der Waals surface area contributed by atoms with Gasteiger partial charge in [0.2, 0.25) is 17.7 Å². The summed E-state index contributed by atoms with van der Waals surface area (Å²) in [4.78, 5) is 56.9. The molecule has 3 aliphatic rings. The normalized spacial score (nSPS) is 20.0. The van der Waals surface area contributed by atoms with Gasteiger partial charge in [-0.25, -0.2) is 4.98 Å². The SMILES string of the molecule is CC1(C(=O)N(CC(=O)Nc2ccc3c(c2)CC2(C3)C(=O)Nc3ncccc32)Cc2ccccc2C=O)COC1. The predicted molar refractivity (Wildman–Crippen MR) is 143 cm³/mol. The van der Waals surface area contributed by atoms with Crippen LogP contribution in [0.5, 0.6) is 0 Å². The van der Waals surface area contributed by atoms with E-state index in [4.69, 9.17) is 4.74 Å². The van der Waals surface area contributed by atoms with Gasteiger partial charge < -0.3 is 20.3 Å². The first kappa shape index (κ1) is 24.9. The number of benzene rings is 2. The molecule has 2 aromatic carbocycles. The first-order valence-electron chi connectivity index (χ1n) is 12.9. The number of nitrogens with zero attached hydrogens (tertiary/aromatic N) is 2. The fourth-order valence-corrected chi connectivity index (χ4v) is 5.83. The Hall–Kier alpha value is -4.37. The highest BCUT2D eigenvalue weighted by molar-refractivity contribution is 6.06. The van der Waals surface area contributed by atoms with Crippen molar-refractivity contribution in [1.82, 2.24) is 9.88 Å². The highest BCUT2D eigenvalue weighted by Gasteiger charge is 2.51. The molecule has 2 aliphatic heterocycles. The minimum atomic E-state index is -0.703. The van der Waals surface area contributed by atoms with Gasteiger partial charge in [-0.15, -0.1) is 0 Å². The number of carbonyl (C=O) groups excluding carboxylic acids is 4. The number of aldehydes is 1. The fraction of sp³-hybridized carbons (Fsp3) is 0.300. The molecule has 9 heteroatoms. The molecule has 9 nitrogen and oxygen atoms in total. The van der Waals surface area contributed by atoms with Gasteiger partial charge in [-0.2, -0.15) is 0 Å². The number of pyridine rings is 1. The van der Waals surface area contributed by atoms with Crippen molar-refractivity contribution in [2.75, 3.05) is 30.4 Å². The zero-order valence-electron chi connectivity index (χ0n) is 21.5. The molecule has 1 aliphatic carbocycles. The Balaban J connectivity index is 1.20. The molecular formula is C30H28N4O5. The Kier molecular flexibility index (Phi) is 6.03. The van der Waals surface area contributed by atoms with E-state index in [1.165, 1.54) is 4.90 Å². The third-order valence-electron chi connectivity index (χ3n) is 7.99. The summed E-state index contributed by atoms with van der Waals surface area (Å²) in [6.07, 6.45) is 3.50. The summed E-state index contributed by atoms with van der Waals surface area (Å²) in [7, 11) is 0. The van der Waals surface area contributed by atoms with Gasteiger partial charge in [0.25, 0.3) is 0 Å². The Bertz CT molecular complexity index is 1510. The molecule has 2 N–H and O–H groups in total. The Morgan fingerprint density at radius 2 is 1.90 bits per heavy atom. The van der Waals surface area contributed by atoms with Gasteiger partial charge in [-0.1, -0.05) is 36.4 Å². The molecular weight excluding hydrogens is 496 g/mol. The van der Waals surface area contributed by atoms with Crippen LogP contribution in [0.2, 0.25) is 0 Å². The molecule has 1 aromatic heterocycles. The second kappa shape index (κ2) is 9.43. The highest BCUT2D eigenvalue weighted by Crippen LogP contribution is 2.47. The first-order chi connectivity index (χ1) is 18.8. The lowest BCUT2D eigenvalue weighted by atomic mass is 9.79. The second-order valence-corrected chi connectivity index (χ2v) is 10.9. The minimum absolute atomic E-state index is 0.0591. The number of hydrogen-bond acceptors (Lipinski definition) is 6. The van der Waals surface area contributed by atoms with Crippen LogP contribution in [0.25, 0.3) is 0 Å². The molecule has 3 heterocycles. The predicted octanol–water partition coefficient (Wildman–Crippen LogP) is 2.89. The van der Waals surface area contributed by atoms with Crippen LogP contribution in [0, 0.1) is 5.41 Å². The van der Waals surface area contributed by atoms with Crippen molar-refractivity contribution < 1.29 is 23.9 Å². The van der Waals surface area contributed by atoms with E-state index in [9.17, 15) is 19.2 Å². The number of nitrogens with one attached hydrogen (secondary N) is 2. The Labute approximate surface area is 225 Å². The third kappa shape index (κ3) is 4.28. The number of aromatic nitrogens is 1. The fourth-order valence-electron chi connectivity index (χ4n) is 5.83. The van der Waals surface area contributed by atoms with Crippen molar-refractivity contribution in [1.29, 1.82) is 0 Å². The van der Waals surface area contributed by atoms with Gasteiger partial charge >= 0.3 is 0 Å². The van der Waals surface area contributed by atoms with Crippen molar-refractivity contribution in [3.05, 3.63) is 88.6 Å². The number of ether oxygens (including phenoxy) is 1. The van der Waals surface area contributed by atoms with Gasteiger partial charge in [-0.3, -0.25) is 19.2 Å². The summed E-state index contributed by atoms with van der Waals surface area (Å²) >= 11 is 0. The van der Waals surface area contributed by atoms with Crippen molar-refractivity contribution in [3.63, 3.8) is 0 Å². The smallest absolute Gasteiger partial charge is 0.244 e. The number of carbonyl (C=O) groups is 4. The number of hydrogen-bond donors (Lipinski definition) is 2. The van der Waals surface area contributed by atoms with Crippen LogP contribution < -0.4 is 10.6 Å². The maximum atomic E-state index is 13.4. The van der Waals surface area contributed by atoms with Crippen LogP contribution in [-0.4, -0.2) is 53.7 Å². The van der Waals surface area contributed by atoms with Gasteiger partial charge in [0, 0.05) is 29.6 Å². The zero-order valence-corrected chi connectivity index (χ0v) is 21.5. The molecule has 3 aromatic rings. The van der Waals surface area contributed by atoms with Crippen LogP contribution in [0.4, 0.5) is 11.5 Å². The first-order valence-corrected chi connectivity index (χ1v) is 12.9. The topological polar surface area (TPSA) is 118 Å². The van der Waals surface area contributed by atoms with E-state index in [0.29, 0.717) is 35.5 Å². The molecule has 6 rings (SSSR count). The quantitative estimate of drug-likeness (QED) is 0.459. The minimum Gasteiger partial charge on any atom is -0.379 e. The maximum absolute atomic E-state index is 13.4. The summed E-state index contributed by atoms with van der Waals surface area (Å²) in [5, 5.41) is 5.83. The van der Waals surface area contributed by atoms with E-state index in [-0.39, 0.29) is 44.0 Å². The van der Waals surface area contributed by atoms with Crippen molar-refractivity contribution in [2.24, 2.45) is 5.41 Å². The van der Waals surface area contributed by atoms with E-state index in [1.54, 1.807) is 30.5 Å². The molecule has 0 radical (unpaired) electrons. The van der Waals surface area contributed by atoms with Crippen LogP contribution >= 0.6 is 0 Å². The van der Waals surface area contributed by atoms with E-state index < -0.39 is 10.8 Å². The lowest BCUT2D eigenvalue weighted by Gasteiger charge is -2.40. The molecule has 1 unspecified atom stereocenters. The van der Waals surface area contributed by atoms with Crippen molar-refractivity contribution in [2.45, 2.75) is 31.7 Å². The molecule has 0 bridgehead atoms. The third-order valence-corrected chi connectivity index (χ3v) is 7.99. The summed E-state index contributed by atoms with van der Waals surface area (Å²) in [5.41, 5.74) is 3.30. The Morgan fingerprint density at radius 3 is 2.67 bits per heavy atom. The van der Waals surface area contributed by atoms with Crippen molar-refractivity contribution >= 4 is 35.5 Å². The second-order valence-electron chi connectivity index (χ2n) is 10.9. The molecule has 0 saturated carbocycles. The molecule has 1 spiro atoms. The number of fused-ring (bicyclic) bond motifs is 3. The van der Waals surface area contributed by atoms with E-state index in [0.717, 1.165) is 23.0 Å². The molecule has 3 amide bonds. The molecule has 198 valence electrons. The summed E-state index contributed by atoms with van der Waals surface area (Å²) < 4.78 is 5.28. The standard InChI is InChI=1S/C30H28N4O5/c1-29(17-39-18-29)28(38)34(14-20-5-2-3-6-21(20)16-35)15-25(36)32-23-9-8-19-12-30(13-22(19)11-23)24-7-4-10-31-26(24)33-27(30)37/h2-11,16H,12-15,17-18H2,1H3,(H,32,36)(H,31,33,37). The average molecular weight is 525 g/mol. The van der Waals surface area contributed by atoms with Gasteiger partial charge in [0.05, 0.1) is 24.0 Å². The molecule has 1 fully saturated rings. The van der Waals surface area contributed by atoms with Crippen LogP contribution in [0.1, 0.15) is 39.5 Å². The highest BCUT2D eigenvalue weighted by atomic mass is 16.5. The number of anilines is 2. The summed E-state index contributed by atoms with van der Waals surface area (Å²) in [5.74, 6) is 0.00289. The number of amides is 3. The Morgan fingerprint density at radius 1 is 1.10 bits per heavy atom.